The van der Waals surface area contributed by atoms with E-state index in [1.165, 1.54) is 51.8 Å². The van der Waals surface area contributed by atoms with Gasteiger partial charge in [0, 0.05) is 0 Å². The van der Waals surface area contributed by atoms with Crippen LogP contribution in [0.4, 0.5) is 0 Å². The molecule has 2 nitrogen and oxygen atoms in total. The third kappa shape index (κ3) is 7.71. The predicted molar refractivity (Wildman–Crippen MR) is 95.5 cm³/mol. The molecule has 21 heavy (non-hydrogen) atoms. The Kier molecular flexibility index (Phi) is 12.5. The number of allylic oxidation sites excluding steroid dienone is 1. The minimum atomic E-state index is -2.71. The average molecular weight is 403 g/mol. The number of carboxylic acids is 1. The van der Waals surface area contributed by atoms with Crippen LogP contribution in [0, 0.1) is 0 Å². The number of aliphatic carboxylic acids is 1. The van der Waals surface area contributed by atoms with Gasteiger partial charge < -0.3 is 0 Å². The van der Waals surface area contributed by atoms with Crippen LogP contribution in [0.5, 0.6) is 0 Å². The van der Waals surface area contributed by atoms with E-state index < -0.39 is 24.3 Å². The maximum absolute atomic E-state index is 11.9. The Balaban J connectivity index is 5.45. The molecular weight excluding hydrogens is 367 g/mol. The predicted octanol–water partition coefficient (Wildman–Crippen LogP) is 6.19. The van der Waals surface area contributed by atoms with Gasteiger partial charge >= 0.3 is 136 Å². The summed E-state index contributed by atoms with van der Waals surface area (Å²) < 4.78 is 4.65. The molecular formula is C18H36O2Sn. The van der Waals surface area contributed by atoms with Gasteiger partial charge in [0.2, 0.25) is 0 Å². The molecule has 0 aliphatic heterocycles. The van der Waals surface area contributed by atoms with Gasteiger partial charge in [-0.05, 0) is 0 Å². The molecule has 0 aliphatic carbocycles. The third-order valence-corrected chi connectivity index (χ3v) is 20.1. The molecule has 0 heterocycles. The first-order valence-corrected chi connectivity index (χ1v) is 16.5. The number of hydrogen-bond donors (Lipinski definition) is 1. The fourth-order valence-corrected chi connectivity index (χ4v) is 19.4. The van der Waals surface area contributed by atoms with Crippen molar-refractivity contribution < 1.29 is 9.90 Å². The SMILES string of the molecule is CCCC=[C](C(=O)O)[Sn]([CH2]CCC)([CH2]CCC)[CH2]CCC. The Morgan fingerprint density at radius 1 is 0.857 bits per heavy atom. The summed E-state index contributed by atoms with van der Waals surface area (Å²) in [5.74, 6) is -0.595. The first-order chi connectivity index (χ1) is 10.1. The van der Waals surface area contributed by atoms with Crippen LogP contribution in [-0.2, 0) is 4.79 Å². The molecule has 0 spiro atoms. The molecule has 0 aromatic rings. The number of hydrogen-bond acceptors (Lipinski definition) is 1. The Morgan fingerprint density at radius 3 is 1.57 bits per heavy atom. The average Bonchev–Trinajstić information content (AvgIpc) is 2.48. The summed E-state index contributed by atoms with van der Waals surface area (Å²) in [5.41, 5.74) is 0. The van der Waals surface area contributed by atoms with Crippen molar-refractivity contribution in [3.8, 4) is 0 Å². The number of unbranched alkanes of at least 4 members (excludes halogenated alkanes) is 4. The van der Waals surface area contributed by atoms with E-state index in [2.05, 4.69) is 33.8 Å². The van der Waals surface area contributed by atoms with E-state index in [0.29, 0.717) is 0 Å². The van der Waals surface area contributed by atoms with E-state index in [-0.39, 0.29) is 0 Å². The zero-order chi connectivity index (χ0) is 16.1. The summed E-state index contributed by atoms with van der Waals surface area (Å²) in [6.45, 7) is 8.82. The molecule has 0 bridgehead atoms. The van der Waals surface area contributed by atoms with Crippen molar-refractivity contribution >= 4 is 24.3 Å². The third-order valence-electron chi connectivity index (χ3n) is 4.47. The van der Waals surface area contributed by atoms with Crippen LogP contribution in [0.1, 0.15) is 79.1 Å². The van der Waals surface area contributed by atoms with Crippen molar-refractivity contribution in [2.45, 2.75) is 92.4 Å². The van der Waals surface area contributed by atoms with Crippen molar-refractivity contribution in [3.05, 3.63) is 9.67 Å². The standard InChI is InChI=1S/C6H9O2.3C4H9.Sn/c1-2-3-4-5-6(7)8;3*1-3-4-2;/h4H,2-3H2,1H3,(H,7,8);3*1,3-4H2,2H3;. The first kappa shape index (κ1) is 21.0. The van der Waals surface area contributed by atoms with E-state index in [4.69, 9.17) is 0 Å². The molecule has 0 rings (SSSR count). The van der Waals surface area contributed by atoms with Crippen LogP contribution in [0.25, 0.3) is 0 Å². The number of carbonyl (C=O) groups is 1. The summed E-state index contributed by atoms with van der Waals surface area (Å²) in [6, 6.07) is 0. The number of carboxylic acid groups (broad SMARTS) is 1. The van der Waals surface area contributed by atoms with Gasteiger partial charge in [0.1, 0.15) is 0 Å². The Bertz CT molecular complexity index is 289. The molecule has 0 aliphatic rings. The van der Waals surface area contributed by atoms with Crippen molar-refractivity contribution in [1.82, 2.24) is 0 Å². The van der Waals surface area contributed by atoms with Gasteiger partial charge in [-0.25, -0.2) is 0 Å². The van der Waals surface area contributed by atoms with Crippen LogP contribution in [0.3, 0.4) is 0 Å². The summed E-state index contributed by atoms with van der Waals surface area (Å²) in [6.07, 6.45) is 11.3. The van der Waals surface area contributed by atoms with Crippen molar-refractivity contribution in [2.75, 3.05) is 0 Å². The molecule has 1 N–H and O–H groups in total. The molecule has 0 fully saturated rings. The summed E-state index contributed by atoms with van der Waals surface area (Å²) in [5, 5.41) is 9.82. The molecule has 0 saturated carbocycles. The van der Waals surface area contributed by atoms with E-state index in [0.717, 1.165) is 16.4 Å². The van der Waals surface area contributed by atoms with E-state index in [1.807, 2.05) is 0 Å². The molecule has 0 aromatic heterocycles. The second-order valence-electron chi connectivity index (χ2n) is 6.30. The molecule has 0 radical (unpaired) electrons. The van der Waals surface area contributed by atoms with E-state index in [1.54, 1.807) is 0 Å². The molecule has 3 heteroatoms. The second-order valence-corrected chi connectivity index (χ2v) is 19.4. The molecule has 124 valence electrons. The van der Waals surface area contributed by atoms with Gasteiger partial charge in [0.15, 0.2) is 0 Å². The minimum absolute atomic E-state index is 0.595. The Labute approximate surface area is 136 Å². The fraction of sp³-hybridized carbons (Fsp3) is 0.833. The van der Waals surface area contributed by atoms with Crippen molar-refractivity contribution in [3.63, 3.8) is 0 Å². The monoisotopic (exact) mass is 404 g/mol. The van der Waals surface area contributed by atoms with E-state index >= 15 is 0 Å². The zero-order valence-electron chi connectivity index (χ0n) is 14.7. The van der Waals surface area contributed by atoms with Gasteiger partial charge in [-0.2, -0.15) is 0 Å². The topological polar surface area (TPSA) is 37.3 Å². The van der Waals surface area contributed by atoms with Crippen LogP contribution in [0.2, 0.25) is 13.3 Å². The molecule has 0 saturated heterocycles. The fourth-order valence-electron chi connectivity index (χ4n) is 3.14. The first-order valence-electron chi connectivity index (χ1n) is 9.01. The van der Waals surface area contributed by atoms with Gasteiger partial charge in [0.25, 0.3) is 0 Å². The van der Waals surface area contributed by atoms with E-state index in [9.17, 15) is 9.90 Å². The second kappa shape index (κ2) is 12.5. The van der Waals surface area contributed by atoms with Crippen molar-refractivity contribution in [2.24, 2.45) is 0 Å². The quantitative estimate of drug-likeness (QED) is 0.294. The van der Waals surface area contributed by atoms with Gasteiger partial charge in [-0.15, -0.1) is 0 Å². The van der Waals surface area contributed by atoms with Crippen molar-refractivity contribution in [1.29, 1.82) is 0 Å². The van der Waals surface area contributed by atoms with Crippen LogP contribution >= 0.6 is 0 Å². The normalized spacial score (nSPS) is 12.7. The maximum atomic E-state index is 11.9. The van der Waals surface area contributed by atoms with Gasteiger partial charge in [0.05, 0.1) is 0 Å². The van der Waals surface area contributed by atoms with Crippen LogP contribution in [0.15, 0.2) is 9.67 Å². The molecule has 0 amide bonds. The summed E-state index contributed by atoms with van der Waals surface area (Å²) in [4.78, 5) is 11.9. The van der Waals surface area contributed by atoms with Gasteiger partial charge in [-0.1, -0.05) is 0 Å². The zero-order valence-corrected chi connectivity index (χ0v) is 17.6. The van der Waals surface area contributed by atoms with Crippen LogP contribution < -0.4 is 0 Å². The Hall–Kier alpha value is 0.00870. The van der Waals surface area contributed by atoms with Gasteiger partial charge in [-0.3, -0.25) is 0 Å². The van der Waals surface area contributed by atoms with Crippen LogP contribution in [-0.4, -0.2) is 29.5 Å². The summed E-state index contributed by atoms with van der Waals surface area (Å²) in [7, 11) is 0. The molecule has 0 unspecified atom stereocenters. The summed E-state index contributed by atoms with van der Waals surface area (Å²) >= 11 is -2.71. The molecule has 0 aromatic carbocycles. The Morgan fingerprint density at radius 2 is 1.29 bits per heavy atom. The number of rotatable bonds is 13. The molecule has 0 atom stereocenters.